The molecule has 1 heterocycles. The Kier molecular flexibility index (Phi) is 7.89. The van der Waals surface area contributed by atoms with Gasteiger partial charge in [0.25, 0.3) is 5.56 Å². The smallest absolute Gasteiger partial charge is 0.330 e. The number of nitrogen functional groups attached to an aromatic ring is 1. The van der Waals surface area contributed by atoms with Gasteiger partial charge in [0.1, 0.15) is 5.82 Å². The third-order valence-corrected chi connectivity index (χ3v) is 4.95. The van der Waals surface area contributed by atoms with Crippen LogP contribution >= 0.6 is 23.2 Å². The molecule has 0 atom stereocenters. The lowest BCUT2D eigenvalue weighted by molar-refractivity contribution is -0.118. The average molecular weight is 443 g/mol. The van der Waals surface area contributed by atoms with E-state index in [1.807, 2.05) is 13.8 Å². The Morgan fingerprint density at radius 3 is 2.45 bits per heavy atom. The molecular weight excluding hydrogens is 419 g/mol. The van der Waals surface area contributed by atoms with Crippen molar-refractivity contribution in [2.24, 2.45) is 5.92 Å². The molecule has 0 aliphatic rings. The van der Waals surface area contributed by atoms with Crippen molar-refractivity contribution in [2.75, 3.05) is 30.9 Å². The molecule has 0 bridgehead atoms. The van der Waals surface area contributed by atoms with Crippen LogP contribution in [0.2, 0.25) is 10.0 Å². The highest BCUT2D eigenvalue weighted by Gasteiger charge is 2.25. The minimum atomic E-state index is -0.748. The van der Waals surface area contributed by atoms with Gasteiger partial charge in [-0.2, -0.15) is 0 Å². The second-order valence-corrected chi connectivity index (χ2v) is 7.73. The van der Waals surface area contributed by atoms with Gasteiger partial charge in [-0.15, -0.1) is 0 Å². The summed E-state index contributed by atoms with van der Waals surface area (Å²) in [5.41, 5.74) is 5.12. The van der Waals surface area contributed by atoms with Crippen LogP contribution in [0.1, 0.15) is 19.4 Å². The summed E-state index contributed by atoms with van der Waals surface area (Å²) < 4.78 is 6.32. The molecule has 0 saturated carbocycles. The number of carbonyl (C=O) groups is 1. The van der Waals surface area contributed by atoms with Crippen LogP contribution in [0.4, 0.5) is 11.5 Å². The molecule has 29 heavy (non-hydrogen) atoms. The number of methoxy groups -OCH3 is 1. The number of aromatic nitrogens is 2. The molecule has 0 radical (unpaired) electrons. The lowest BCUT2D eigenvalue weighted by Crippen LogP contribution is -2.43. The summed E-state index contributed by atoms with van der Waals surface area (Å²) in [7, 11) is 1.47. The Morgan fingerprint density at radius 1 is 1.28 bits per heavy atom. The number of halogens is 2. The van der Waals surface area contributed by atoms with Crippen LogP contribution in [0.5, 0.6) is 0 Å². The fourth-order valence-electron chi connectivity index (χ4n) is 2.88. The summed E-state index contributed by atoms with van der Waals surface area (Å²) in [6.45, 7) is 4.32. The fraction of sp³-hybridized carbons (Fsp3) is 0.421. The van der Waals surface area contributed by atoms with Gasteiger partial charge in [-0.25, -0.2) is 4.79 Å². The van der Waals surface area contributed by atoms with Gasteiger partial charge in [-0.3, -0.25) is 19.1 Å². The summed E-state index contributed by atoms with van der Waals surface area (Å²) in [6.07, 6.45) is -0.148. The Morgan fingerprint density at radius 2 is 1.90 bits per heavy atom. The molecule has 2 aromatic rings. The van der Waals surface area contributed by atoms with E-state index in [1.165, 1.54) is 16.6 Å². The number of amides is 1. The minimum absolute atomic E-state index is 0.0601. The average Bonchev–Trinajstić information content (AvgIpc) is 2.64. The number of anilines is 2. The third-order valence-electron chi connectivity index (χ3n) is 4.24. The largest absolute Gasteiger partial charge is 0.383 e. The van der Waals surface area contributed by atoms with E-state index in [0.717, 1.165) is 0 Å². The SMILES string of the molecule is COCCN(C(=O)Cc1c(Cl)cccc1Cl)c1c(N)n(CC(C)C)c(=O)[nH]c1=O. The Balaban J connectivity index is 2.54. The first-order valence-corrected chi connectivity index (χ1v) is 9.77. The molecule has 10 heteroatoms. The van der Waals surface area contributed by atoms with Gasteiger partial charge in [0.15, 0.2) is 5.69 Å². The molecule has 3 N–H and O–H groups in total. The molecule has 0 saturated heterocycles. The fourth-order valence-corrected chi connectivity index (χ4v) is 3.41. The maximum absolute atomic E-state index is 13.1. The number of benzene rings is 1. The van der Waals surface area contributed by atoms with E-state index in [1.54, 1.807) is 18.2 Å². The van der Waals surface area contributed by atoms with Crippen molar-refractivity contribution in [3.05, 3.63) is 54.6 Å². The number of ether oxygens (including phenoxy) is 1. The van der Waals surface area contributed by atoms with Gasteiger partial charge in [0.2, 0.25) is 5.91 Å². The second-order valence-electron chi connectivity index (χ2n) is 6.91. The first kappa shape index (κ1) is 23.0. The van der Waals surface area contributed by atoms with Crippen molar-refractivity contribution in [3.8, 4) is 0 Å². The molecular formula is C19H24Cl2N4O4. The highest BCUT2D eigenvalue weighted by atomic mass is 35.5. The van der Waals surface area contributed by atoms with Crippen LogP contribution in [0.15, 0.2) is 27.8 Å². The number of nitrogens with zero attached hydrogens (tertiary/aromatic N) is 2. The van der Waals surface area contributed by atoms with E-state index in [4.69, 9.17) is 33.7 Å². The van der Waals surface area contributed by atoms with Crippen LogP contribution in [0.25, 0.3) is 0 Å². The Hall–Kier alpha value is -2.29. The number of aromatic amines is 1. The molecule has 2 rings (SSSR count). The van der Waals surface area contributed by atoms with E-state index < -0.39 is 17.2 Å². The highest BCUT2D eigenvalue weighted by molar-refractivity contribution is 6.36. The first-order chi connectivity index (χ1) is 13.7. The number of carbonyl (C=O) groups excluding carboxylic acids is 1. The van der Waals surface area contributed by atoms with Crippen molar-refractivity contribution in [3.63, 3.8) is 0 Å². The van der Waals surface area contributed by atoms with Crippen molar-refractivity contribution >= 4 is 40.6 Å². The third kappa shape index (κ3) is 5.41. The van der Waals surface area contributed by atoms with Crippen molar-refractivity contribution in [1.29, 1.82) is 0 Å². The molecule has 0 aliphatic heterocycles. The molecule has 0 spiro atoms. The van der Waals surface area contributed by atoms with Crippen LogP contribution in [-0.2, 0) is 22.5 Å². The van der Waals surface area contributed by atoms with Crippen molar-refractivity contribution in [2.45, 2.75) is 26.8 Å². The monoisotopic (exact) mass is 442 g/mol. The van der Waals surface area contributed by atoms with Gasteiger partial charge in [0, 0.05) is 30.2 Å². The predicted octanol–water partition coefficient (Wildman–Crippen LogP) is 2.30. The van der Waals surface area contributed by atoms with E-state index in [-0.39, 0.29) is 43.5 Å². The molecule has 1 aromatic carbocycles. The number of rotatable bonds is 8. The summed E-state index contributed by atoms with van der Waals surface area (Å²) in [4.78, 5) is 41.3. The Labute approximate surface area is 178 Å². The molecule has 158 valence electrons. The molecule has 0 aliphatic carbocycles. The summed E-state index contributed by atoms with van der Waals surface area (Å²) in [5, 5.41) is 0.674. The standard InChI is InChI=1S/C19H24Cl2N4O4/c1-11(2)10-25-17(22)16(18(27)23-19(25)28)24(7-8-29-3)15(26)9-12-13(20)5-4-6-14(12)21/h4-6,11H,7-10,22H2,1-3H3,(H,23,27,28). The lowest BCUT2D eigenvalue weighted by atomic mass is 10.1. The maximum atomic E-state index is 13.1. The van der Waals surface area contributed by atoms with Crippen LogP contribution < -0.4 is 21.9 Å². The Bertz CT molecular complexity index is 980. The van der Waals surface area contributed by atoms with E-state index in [2.05, 4.69) is 4.98 Å². The van der Waals surface area contributed by atoms with Crippen LogP contribution in [0.3, 0.4) is 0 Å². The molecule has 1 amide bonds. The van der Waals surface area contributed by atoms with Crippen LogP contribution in [-0.4, -0.2) is 35.7 Å². The van der Waals surface area contributed by atoms with Gasteiger partial charge in [-0.1, -0.05) is 43.1 Å². The zero-order valence-electron chi connectivity index (χ0n) is 16.5. The van der Waals surface area contributed by atoms with Gasteiger partial charge in [-0.05, 0) is 23.6 Å². The van der Waals surface area contributed by atoms with Crippen molar-refractivity contribution < 1.29 is 9.53 Å². The van der Waals surface area contributed by atoms with Gasteiger partial charge < -0.3 is 15.4 Å². The zero-order valence-corrected chi connectivity index (χ0v) is 18.0. The van der Waals surface area contributed by atoms with E-state index >= 15 is 0 Å². The number of H-pyrrole nitrogens is 1. The van der Waals surface area contributed by atoms with Gasteiger partial charge in [0.05, 0.1) is 13.0 Å². The molecule has 0 unspecified atom stereocenters. The van der Waals surface area contributed by atoms with E-state index in [0.29, 0.717) is 15.6 Å². The quantitative estimate of drug-likeness (QED) is 0.651. The number of hydrogen-bond donors (Lipinski definition) is 2. The van der Waals surface area contributed by atoms with Crippen LogP contribution in [0, 0.1) is 5.92 Å². The number of nitrogens with two attached hydrogens (primary N) is 1. The van der Waals surface area contributed by atoms with E-state index in [9.17, 15) is 14.4 Å². The summed E-state index contributed by atoms with van der Waals surface area (Å²) in [6, 6.07) is 4.92. The molecule has 1 aromatic heterocycles. The van der Waals surface area contributed by atoms with Crippen molar-refractivity contribution in [1.82, 2.24) is 9.55 Å². The van der Waals surface area contributed by atoms with Gasteiger partial charge >= 0.3 is 5.69 Å². The second kappa shape index (κ2) is 9.96. The predicted molar refractivity (Wildman–Crippen MR) is 115 cm³/mol. The first-order valence-electron chi connectivity index (χ1n) is 9.02. The molecule has 0 fully saturated rings. The number of nitrogens with one attached hydrogen (secondary N) is 1. The lowest BCUT2D eigenvalue weighted by Gasteiger charge is -2.25. The number of hydrogen-bond acceptors (Lipinski definition) is 5. The highest BCUT2D eigenvalue weighted by Crippen LogP contribution is 2.26. The summed E-state index contributed by atoms with van der Waals surface area (Å²) in [5.74, 6) is -0.440. The summed E-state index contributed by atoms with van der Waals surface area (Å²) >= 11 is 12.4. The molecule has 8 nitrogen and oxygen atoms in total. The normalized spacial score (nSPS) is 11.1. The zero-order chi connectivity index (χ0) is 21.7. The topological polar surface area (TPSA) is 110 Å². The minimum Gasteiger partial charge on any atom is -0.383 e. The maximum Gasteiger partial charge on any atom is 0.330 e.